The molecule has 5 aromatic rings. The fraction of sp³-hybridized carbons (Fsp3) is 0.111. The lowest BCUT2D eigenvalue weighted by Gasteiger charge is -2.21. The van der Waals surface area contributed by atoms with Gasteiger partial charge in [-0.25, -0.2) is 9.07 Å². The molecule has 0 bridgehead atoms. The Morgan fingerprint density at radius 1 is 0.943 bits per heavy atom. The number of carbonyl (C=O) groups is 1. The molecule has 7 nitrogen and oxygen atoms in total. The maximum atomic E-state index is 14.5. The molecule has 0 atom stereocenters. The van der Waals surface area contributed by atoms with Gasteiger partial charge < -0.3 is 18.5 Å². The molecule has 2 aromatic carbocycles. The molecule has 0 radical (unpaired) electrons. The van der Waals surface area contributed by atoms with Crippen molar-refractivity contribution >= 4 is 5.91 Å². The van der Waals surface area contributed by atoms with Crippen molar-refractivity contribution in [2.24, 2.45) is 7.05 Å². The van der Waals surface area contributed by atoms with Gasteiger partial charge in [0.05, 0.1) is 31.2 Å². The predicted octanol–water partition coefficient (Wildman–Crippen LogP) is 6.05. The van der Waals surface area contributed by atoms with E-state index in [4.69, 9.17) is 13.6 Å². The molecule has 176 valence electrons. The van der Waals surface area contributed by atoms with E-state index in [0.29, 0.717) is 22.9 Å². The zero-order chi connectivity index (χ0) is 24.2. The van der Waals surface area contributed by atoms with E-state index >= 15 is 0 Å². The molecule has 3 heterocycles. The number of furan rings is 2. The molecule has 1 amide bonds. The summed E-state index contributed by atoms with van der Waals surface area (Å²) in [6.07, 6.45) is 3.00. The molecule has 0 aliphatic heterocycles. The summed E-state index contributed by atoms with van der Waals surface area (Å²) < 4.78 is 32.9. The van der Waals surface area contributed by atoms with Crippen LogP contribution in [0.25, 0.3) is 11.3 Å². The lowest BCUT2D eigenvalue weighted by Crippen LogP contribution is -2.30. The van der Waals surface area contributed by atoms with Crippen LogP contribution in [0.4, 0.5) is 4.39 Å². The summed E-state index contributed by atoms with van der Waals surface area (Å²) in [7, 11) is 1.72. The Morgan fingerprint density at radius 2 is 1.69 bits per heavy atom. The first-order chi connectivity index (χ1) is 17.1. The van der Waals surface area contributed by atoms with Gasteiger partial charge in [-0.1, -0.05) is 42.5 Å². The van der Waals surface area contributed by atoms with E-state index in [-0.39, 0.29) is 30.5 Å². The largest absolute Gasteiger partial charge is 0.467 e. The van der Waals surface area contributed by atoms with Crippen LogP contribution in [0.1, 0.15) is 21.9 Å². The molecule has 0 N–H and O–H groups in total. The van der Waals surface area contributed by atoms with Crippen LogP contribution in [0.15, 0.2) is 100 Å². The highest BCUT2D eigenvalue weighted by atomic mass is 19.1. The van der Waals surface area contributed by atoms with Crippen LogP contribution in [0, 0.1) is 5.82 Å². The number of aryl methyl sites for hydroxylation is 1. The second-order valence-corrected chi connectivity index (χ2v) is 7.87. The minimum absolute atomic E-state index is 0.0614. The standard InChI is InChI=1S/C27H22FN3O4/c1-30-27(35-23-13-6-5-12-22(23)28)21(25(29-30)19-9-3-2-4-10-19)18-31(17-20-11-7-15-33-20)26(32)24-14-8-16-34-24/h2-16H,17-18H2,1H3. The van der Waals surface area contributed by atoms with Crippen LogP contribution in [0.5, 0.6) is 11.6 Å². The lowest BCUT2D eigenvalue weighted by atomic mass is 10.1. The van der Waals surface area contributed by atoms with Gasteiger partial charge in [-0.3, -0.25) is 4.79 Å². The van der Waals surface area contributed by atoms with Gasteiger partial charge in [0.1, 0.15) is 11.5 Å². The molecule has 3 aromatic heterocycles. The smallest absolute Gasteiger partial charge is 0.290 e. The van der Waals surface area contributed by atoms with Gasteiger partial charge in [-0.05, 0) is 36.4 Å². The highest BCUT2D eigenvalue weighted by molar-refractivity contribution is 5.91. The Hall–Kier alpha value is -4.59. The van der Waals surface area contributed by atoms with Gasteiger partial charge in [-0.15, -0.1) is 0 Å². The second kappa shape index (κ2) is 9.72. The van der Waals surface area contributed by atoms with Crippen molar-refractivity contribution in [3.05, 3.63) is 114 Å². The van der Waals surface area contributed by atoms with Crippen molar-refractivity contribution in [2.75, 3.05) is 0 Å². The minimum Gasteiger partial charge on any atom is -0.467 e. The van der Waals surface area contributed by atoms with E-state index in [9.17, 15) is 9.18 Å². The van der Waals surface area contributed by atoms with Gasteiger partial charge in [0.25, 0.3) is 5.91 Å². The third-order valence-corrected chi connectivity index (χ3v) is 5.47. The fourth-order valence-electron chi connectivity index (χ4n) is 3.82. The Balaban J connectivity index is 1.59. The molecule has 0 aliphatic carbocycles. The van der Waals surface area contributed by atoms with Crippen LogP contribution >= 0.6 is 0 Å². The molecule has 35 heavy (non-hydrogen) atoms. The lowest BCUT2D eigenvalue weighted by molar-refractivity contribution is 0.0684. The van der Waals surface area contributed by atoms with E-state index in [1.807, 2.05) is 30.3 Å². The number of carbonyl (C=O) groups excluding carboxylic acids is 1. The molecular weight excluding hydrogens is 449 g/mol. The number of halogens is 1. The number of benzene rings is 2. The van der Waals surface area contributed by atoms with Crippen molar-refractivity contribution in [1.82, 2.24) is 14.7 Å². The number of hydrogen-bond donors (Lipinski definition) is 0. The van der Waals surface area contributed by atoms with Gasteiger partial charge >= 0.3 is 0 Å². The number of para-hydroxylation sites is 1. The van der Waals surface area contributed by atoms with Crippen molar-refractivity contribution in [1.29, 1.82) is 0 Å². The summed E-state index contributed by atoms with van der Waals surface area (Å²) in [5.74, 6) is 0.355. The molecule has 0 spiro atoms. The first kappa shape index (κ1) is 22.2. The van der Waals surface area contributed by atoms with Gasteiger partial charge in [-0.2, -0.15) is 5.10 Å². The predicted molar refractivity (Wildman–Crippen MR) is 126 cm³/mol. The van der Waals surface area contributed by atoms with Crippen molar-refractivity contribution in [2.45, 2.75) is 13.1 Å². The molecule has 0 fully saturated rings. The number of amides is 1. The van der Waals surface area contributed by atoms with Gasteiger partial charge in [0.2, 0.25) is 5.88 Å². The molecule has 8 heteroatoms. The molecule has 0 saturated carbocycles. The third-order valence-electron chi connectivity index (χ3n) is 5.47. The molecular formula is C27H22FN3O4. The average molecular weight is 471 g/mol. The molecule has 0 saturated heterocycles. The summed E-state index contributed by atoms with van der Waals surface area (Å²) in [4.78, 5) is 15.0. The van der Waals surface area contributed by atoms with Crippen molar-refractivity contribution in [3.8, 4) is 22.9 Å². The summed E-state index contributed by atoms with van der Waals surface area (Å²) >= 11 is 0. The van der Waals surface area contributed by atoms with E-state index in [0.717, 1.165) is 5.56 Å². The Morgan fingerprint density at radius 3 is 2.40 bits per heavy atom. The zero-order valence-electron chi connectivity index (χ0n) is 18.9. The molecule has 0 aliphatic rings. The van der Waals surface area contributed by atoms with E-state index in [2.05, 4.69) is 5.10 Å². The maximum absolute atomic E-state index is 14.5. The van der Waals surface area contributed by atoms with E-state index < -0.39 is 5.82 Å². The first-order valence-electron chi connectivity index (χ1n) is 11.0. The number of ether oxygens (including phenoxy) is 1. The first-order valence-corrected chi connectivity index (χ1v) is 11.0. The summed E-state index contributed by atoms with van der Waals surface area (Å²) in [5.41, 5.74) is 2.08. The van der Waals surface area contributed by atoms with Gasteiger partial charge in [0, 0.05) is 12.6 Å². The second-order valence-electron chi connectivity index (χ2n) is 7.87. The Labute approximate surface area is 201 Å². The number of rotatable bonds is 8. The summed E-state index contributed by atoms with van der Waals surface area (Å²) in [5, 5.41) is 4.66. The van der Waals surface area contributed by atoms with Crippen molar-refractivity contribution in [3.63, 3.8) is 0 Å². The van der Waals surface area contributed by atoms with Crippen LogP contribution in [0.2, 0.25) is 0 Å². The average Bonchev–Trinajstić information content (AvgIpc) is 3.64. The monoisotopic (exact) mass is 471 g/mol. The minimum atomic E-state index is -0.500. The van der Waals surface area contributed by atoms with E-state index in [1.54, 1.807) is 65.4 Å². The van der Waals surface area contributed by atoms with E-state index in [1.165, 1.54) is 12.3 Å². The number of aromatic nitrogens is 2. The van der Waals surface area contributed by atoms with Crippen LogP contribution < -0.4 is 4.74 Å². The van der Waals surface area contributed by atoms with Crippen molar-refractivity contribution < 1.29 is 22.8 Å². The highest BCUT2D eigenvalue weighted by Gasteiger charge is 2.27. The number of hydrogen-bond acceptors (Lipinski definition) is 5. The zero-order valence-corrected chi connectivity index (χ0v) is 18.9. The maximum Gasteiger partial charge on any atom is 0.290 e. The summed E-state index contributed by atoms with van der Waals surface area (Å²) in [6, 6.07) is 22.5. The summed E-state index contributed by atoms with van der Waals surface area (Å²) in [6.45, 7) is 0.302. The van der Waals surface area contributed by atoms with Crippen LogP contribution in [-0.2, 0) is 20.1 Å². The van der Waals surface area contributed by atoms with Crippen LogP contribution in [-0.4, -0.2) is 20.6 Å². The molecule has 0 unspecified atom stereocenters. The third kappa shape index (κ3) is 4.72. The Kier molecular flexibility index (Phi) is 6.17. The topological polar surface area (TPSA) is 73.6 Å². The van der Waals surface area contributed by atoms with Crippen LogP contribution in [0.3, 0.4) is 0 Å². The Bertz CT molecular complexity index is 1410. The molecule has 5 rings (SSSR count). The SMILES string of the molecule is Cn1nc(-c2ccccc2)c(CN(Cc2ccco2)C(=O)c2ccco2)c1Oc1ccccc1F. The highest BCUT2D eigenvalue weighted by Crippen LogP contribution is 2.35. The quantitative estimate of drug-likeness (QED) is 0.276. The van der Waals surface area contributed by atoms with Gasteiger partial charge in [0.15, 0.2) is 17.3 Å². The number of nitrogens with zero attached hydrogens (tertiary/aromatic N) is 3. The normalized spacial score (nSPS) is 10.9. The fourth-order valence-corrected chi connectivity index (χ4v) is 3.82.